The van der Waals surface area contributed by atoms with Crippen molar-refractivity contribution in [2.24, 2.45) is 0 Å². The summed E-state index contributed by atoms with van der Waals surface area (Å²) in [7, 11) is 0. The SMILES string of the molecule is CC(C)(O)C(=C\Sc1ccccc1)/C=C(\Sc1ccccc1)C(C)(C)O. The lowest BCUT2D eigenvalue weighted by Crippen LogP contribution is -2.24. The molecule has 0 saturated carbocycles. The summed E-state index contributed by atoms with van der Waals surface area (Å²) in [5.74, 6) is 0. The second kappa shape index (κ2) is 8.96. The van der Waals surface area contributed by atoms with E-state index in [1.165, 1.54) is 11.8 Å². The third-order valence-electron chi connectivity index (χ3n) is 3.63. The highest BCUT2D eigenvalue weighted by molar-refractivity contribution is 8.03. The van der Waals surface area contributed by atoms with E-state index in [0.717, 1.165) is 20.3 Å². The summed E-state index contributed by atoms with van der Waals surface area (Å²) >= 11 is 3.07. The predicted octanol–water partition coefficient (Wildman–Crippen LogP) is 5.88. The van der Waals surface area contributed by atoms with Crippen LogP contribution in [0.5, 0.6) is 0 Å². The molecular weight excluding hydrogens is 360 g/mol. The highest BCUT2D eigenvalue weighted by atomic mass is 32.2. The van der Waals surface area contributed by atoms with Crippen LogP contribution in [0.4, 0.5) is 0 Å². The third-order valence-corrected chi connectivity index (χ3v) is 5.89. The molecule has 2 aromatic carbocycles. The fraction of sp³-hybridized carbons (Fsp3) is 0.273. The van der Waals surface area contributed by atoms with Crippen molar-refractivity contribution in [2.45, 2.75) is 48.7 Å². The lowest BCUT2D eigenvalue weighted by Gasteiger charge is -2.25. The van der Waals surface area contributed by atoms with Gasteiger partial charge in [-0.25, -0.2) is 0 Å². The Hall–Kier alpha value is -1.46. The maximum Gasteiger partial charge on any atom is 0.0902 e. The molecule has 0 aliphatic carbocycles. The van der Waals surface area contributed by atoms with Crippen LogP contribution in [0.2, 0.25) is 0 Å². The normalized spacial score (nSPS) is 13.8. The summed E-state index contributed by atoms with van der Waals surface area (Å²) in [6.07, 6.45) is 1.90. The summed E-state index contributed by atoms with van der Waals surface area (Å²) < 4.78 is 0. The predicted molar refractivity (Wildman–Crippen MR) is 113 cm³/mol. The van der Waals surface area contributed by atoms with Gasteiger partial charge < -0.3 is 10.2 Å². The van der Waals surface area contributed by atoms with Crippen LogP contribution in [-0.4, -0.2) is 21.4 Å². The minimum absolute atomic E-state index is 0.756. The van der Waals surface area contributed by atoms with Gasteiger partial charge in [0.2, 0.25) is 0 Å². The van der Waals surface area contributed by atoms with E-state index >= 15 is 0 Å². The summed E-state index contributed by atoms with van der Waals surface area (Å²) in [6, 6.07) is 20.0. The van der Waals surface area contributed by atoms with Crippen molar-refractivity contribution in [1.29, 1.82) is 0 Å². The molecule has 0 radical (unpaired) electrons. The number of rotatable bonds is 7. The Bertz CT molecular complexity index is 752. The molecule has 0 atom stereocenters. The van der Waals surface area contributed by atoms with Crippen molar-refractivity contribution >= 4 is 23.5 Å². The lowest BCUT2D eigenvalue weighted by atomic mass is 9.97. The molecule has 4 heteroatoms. The summed E-state index contributed by atoms with van der Waals surface area (Å²) in [6.45, 7) is 7.05. The van der Waals surface area contributed by atoms with Gasteiger partial charge in [-0.05, 0) is 69.0 Å². The van der Waals surface area contributed by atoms with Gasteiger partial charge >= 0.3 is 0 Å². The van der Waals surface area contributed by atoms with E-state index in [1.807, 2.05) is 72.1 Å². The van der Waals surface area contributed by atoms with E-state index in [9.17, 15) is 10.2 Å². The van der Waals surface area contributed by atoms with Gasteiger partial charge in [0.05, 0.1) is 11.2 Å². The Morgan fingerprint density at radius 1 is 0.769 bits per heavy atom. The fourth-order valence-corrected chi connectivity index (χ4v) is 3.99. The molecule has 0 aliphatic rings. The molecular formula is C22H26O2S2. The van der Waals surface area contributed by atoms with Crippen molar-refractivity contribution in [2.75, 3.05) is 0 Å². The van der Waals surface area contributed by atoms with Gasteiger partial charge in [0.15, 0.2) is 0 Å². The van der Waals surface area contributed by atoms with Crippen molar-refractivity contribution in [3.63, 3.8) is 0 Å². The van der Waals surface area contributed by atoms with E-state index in [0.29, 0.717) is 0 Å². The number of benzene rings is 2. The first kappa shape index (κ1) is 20.8. The van der Waals surface area contributed by atoms with E-state index in [4.69, 9.17) is 0 Å². The first-order chi connectivity index (χ1) is 12.2. The Morgan fingerprint density at radius 2 is 1.27 bits per heavy atom. The number of aliphatic hydroxyl groups is 2. The maximum absolute atomic E-state index is 10.6. The zero-order valence-corrected chi connectivity index (χ0v) is 17.3. The van der Waals surface area contributed by atoms with Crippen LogP contribution in [0.1, 0.15) is 27.7 Å². The van der Waals surface area contributed by atoms with E-state index < -0.39 is 11.2 Å². The quantitative estimate of drug-likeness (QED) is 0.460. The number of hydrogen-bond donors (Lipinski definition) is 2. The molecule has 0 unspecified atom stereocenters. The van der Waals surface area contributed by atoms with Crippen molar-refractivity contribution in [3.8, 4) is 0 Å². The van der Waals surface area contributed by atoms with Gasteiger partial charge in [-0.1, -0.05) is 59.9 Å². The Balaban J connectivity index is 2.37. The highest BCUT2D eigenvalue weighted by Crippen LogP contribution is 2.37. The van der Waals surface area contributed by atoms with Gasteiger partial charge in [-0.15, -0.1) is 0 Å². The van der Waals surface area contributed by atoms with Crippen molar-refractivity contribution in [1.82, 2.24) is 0 Å². The van der Waals surface area contributed by atoms with Crippen LogP contribution in [0.15, 0.2) is 92.4 Å². The summed E-state index contributed by atoms with van der Waals surface area (Å²) in [5, 5.41) is 23.2. The molecule has 2 N–H and O–H groups in total. The second-order valence-electron chi connectivity index (χ2n) is 7.05. The zero-order chi connectivity index (χ0) is 19.2. The van der Waals surface area contributed by atoms with Crippen LogP contribution >= 0.6 is 23.5 Å². The topological polar surface area (TPSA) is 40.5 Å². The average molecular weight is 387 g/mol. The van der Waals surface area contributed by atoms with E-state index in [1.54, 1.807) is 39.5 Å². The molecule has 0 saturated heterocycles. The minimum atomic E-state index is -1.02. The van der Waals surface area contributed by atoms with Gasteiger partial charge in [0.1, 0.15) is 0 Å². The van der Waals surface area contributed by atoms with Crippen LogP contribution in [-0.2, 0) is 0 Å². The fourth-order valence-electron chi connectivity index (χ4n) is 2.07. The molecule has 0 fully saturated rings. The van der Waals surface area contributed by atoms with Crippen LogP contribution in [0.3, 0.4) is 0 Å². The second-order valence-corrected chi connectivity index (χ2v) is 9.10. The first-order valence-corrected chi connectivity index (χ1v) is 10.2. The number of hydrogen-bond acceptors (Lipinski definition) is 4. The molecule has 0 amide bonds. The largest absolute Gasteiger partial charge is 0.386 e. The van der Waals surface area contributed by atoms with Crippen LogP contribution in [0, 0.1) is 0 Å². The Morgan fingerprint density at radius 3 is 1.73 bits per heavy atom. The molecule has 0 aromatic heterocycles. The molecule has 2 aromatic rings. The molecule has 2 rings (SSSR count). The average Bonchev–Trinajstić information content (AvgIpc) is 2.57. The molecule has 0 aliphatic heterocycles. The minimum Gasteiger partial charge on any atom is -0.386 e. The van der Waals surface area contributed by atoms with Gasteiger partial charge in [-0.2, -0.15) is 0 Å². The standard InChI is InChI=1S/C22H26O2S2/c1-21(2,23)17(16-25-18-11-7-5-8-12-18)15-20(22(3,4)24)26-19-13-9-6-10-14-19/h5-16,23-24H,1-4H3/b17-16-,20-15-. The van der Waals surface area contributed by atoms with Gasteiger partial charge in [0, 0.05) is 14.7 Å². The monoisotopic (exact) mass is 386 g/mol. The van der Waals surface area contributed by atoms with Gasteiger partial charge in [0.25, 0.3) is 0 Å². The zero-order valence-electron chi connectivity index (χ0n) is 15.6. The number of thioether (sulfide) groups is 2. The first-order valence-electron chi connectivity index (χ1n) is 8.48. The molecule has 0 bridgehead atoms. The summed E-state index contributed by atoms with van der Waals surface area (Å²) in [5.41, 5.74) is -1.27. The highest BCUT2D eigenvalue weighted by Gasteiger charge is 2.25. The van der Waals surface area contributed by atoms with E-state index in [-0.39, 0.29) is 0 Å². The van der Waals surface area contributed by atoms with Gasteiger partial charge in [-0.3, -0.25) is 0 Å². The molecule has 138 valence electrons. The maximum atomic E-state index is 10.6. The molecule has 2 nitrogen and oxygen atoms in total. The van der Waals surface area contributed by atoms with Crippen LogP contribution < -0.4 is 0 Å². The van der Waals surface area contributed by atoms with E-state index in [2.05, 4.69) is 0 Å². The molecule has 0 spiro atoms. The Kier molecular flexibility index (Phi) is 7.18. The molecule has 26 heavy (non-hydrogen) atoms. The Labute approximate surface area is 165 Å². The van der Waals surface area contributed by atoms with Crippen LogP contribution in [0.25, 0.3) is 0 Å². The van der Waals surface area contributed by atoms with Crippen molar-refractivity contribution in [3.05, 3.63) is 82.6 Å². The lowest BCUT2D eigenvalue weighted by molar-refractivity contribution is 0.120. The van der Waals surface area contributed by atoms with Crippen molar-refractivity contribution < 1.29 is 10.2 Å². The smallest absolute Gasteiger partial charge is 0.0902 e. The third kappa shape index (κ3) is 6.69. The summed E-state index contributed by atoms with van der Waals surface area (Å²) in [4.78, 5) is 2.93. The molecule has 0 heterocycles.